The van der Waals surface area contributed by atoms with Crippen molar-refractivity contribution in [2.24, 2.45) is 0 Å². The Balaban J connectivity index is 1.59. The number of sulfonamides is 1. The highest BCUT2D eigenvalue weighted by atomic mass is 32.2. The van der Waals surface area contributed by atoms with Gasteiger partial charge in [0.15, 0.2) is 6.61 Å². The molecule has 0 spiro atoms. The van der Waals surface area contributed by atoms with Gasteiger partial charge < -0.3 is 10.1 Å². The van der Waals surface area contributed by atoms with Crippen molar-refractivity contribution in [3.05, 3.63) is 84.2 Å². The van der Waals surface area contributed by atoms with Crippen molar-refractivity contribution in [3.63, 3.8) is 0 Å². The molecule has 3 aromatic rings. The van der Waals surface area contributed by atoms with Crippen LogP contribution in [-0.2, 0) is 21.0 Å². The number of halogens is 4. The van der Waals surface area contributed by atoms with E-state index in [0.29, 0.717) is 0 Å². The maximum absolute atomic E-state index is 13.2. The SMILES string of the molecule is O=C(COc1cccc(C(F)(F)F)c1)Nc1ccc(S(=O)(=O)Nc2cccc(F)c2)cc1. The first-order valence-corrected chi connectivity index (χ1v) is 10.5. The van der Waals surface area contributed by atoms with Gasteiger partial charge in [-0.25, -0.2) is 12.8 Å². The lowest BCUT2D eigenvalue weighted by atomic mass is 10.2. The van der Waals surface area contributed by atoms with E-state index in [0.717, 1.165) is 24.3 Å². The number of anilines is 2. The van der Waals surface area contributed by atoms with Crippen LogP contribution in [0.5, 0.6) is 5.75 Å². The Kier molecular flexibility index (Phi) is 6.68. The lowest BCUT2D eigenvalue weighted by molar-refractivity contribution is -0.137. The molecule has 0 saturated heterocycles. The van der Waals surface area contributed by atoms with E-state index in [2.05, 4.69) is 10.0 Å². The molecule has 6 nitrogen and oxygen atoms in total. The van der Waals surface area contributed by atoms with E-state index in [1.807, 2.05) is 0 Å². The van der Waals surface area contributed by atoms with Crippen molar-refractivity contribution in [2.75, 3.05) is 16.6 Å². The van der Waals surface area contributed by atoms with Crippen molar-refractivity contribution < 1.29 is 35.5 Å². The number of carbonyl (C=O) groups excluding carboxylic acids is 1. The van der Waals surface area contributed by atoms with Crippen LogP contribution < -0.4 is 14.8 Å². The maximum Gasteiger partial charge on any atom is 0.416 e. The smallest absolute Gasteiger partial charge is 0.416 e. The van der Waals surface area contributed by atoms with Crippen LogP contribution in [0.3, 0.4) is 0 Å². The zero-order valence-electron chi connectivity index (χ0n) is 16.2. The molecule has 168 valence electrons. The number of nitrogens with one attached hydrogen (secondary N) is 2. The van der Waals surface area contributed by atoms with E-state index in [1.165, 1.54) is 48.5 Å². The predicted molar refractivity (Wildman–Crippen MR) is 109 cm³/mol. The number of hydrogen-bond acceptors (Lipinski definition) is 4. The second kappa shape index (κ2) is 9.27. The molecule has 3 rings (SSSR count). The average Bonchev–Trinajstić information content (AvgIpc) is 2.72. The van der Waals surface area contributed by atoms with Gasteiger partial charge in [-0.1, -0.05) is 12.1 Å². The first kappa shape index (κ1) is 23.1. The summed E-state index contributed by atoms with van der Waals surface area (Å²) < 4.78 is 83.4. The van der Waals surface area contributed by atoms with Gasteiger partial charge in [-0.3, -0.25) is 9.52 Å². The molecule has 0 atom stereocenters. The summed E-state index contributed by atoms with van der Waals surface area (Å²) in [6.07, 6.45) is -4.53. The van der Waals surface area contributed by atoms with E-state index >= 15 is 0 Å². The van der Waals surface area contributed by atoms with Crippen molar-refractivity contribution in [3.8, 4) is 5.75 Å². The van der Waals surface area contributed by atoms with Crippen molar-refractivity contribution >= 4 is 27.3 Å². The number of ether oxygens (including phenoxy) is 1. The van der Waals surface area contributed by atoms with Gasteiger partial charge in [0.1, 0.15) is 11.6 Å². The normalized spacial score (nSPS) is 11.6. The number of alkyl halides is 3. The van der Waals surface area contributed by atoms with Crippen LogP contribution in [0.25, 0.3) is 0 Å². The predicted octanol–water partition coefficient (Wildman–Crippen LogP) is 4.66. The zero-order valence-corrected chi connectivity index (χ0v) is 17.0. The molecule has 0 radical (unpaired) electrons. The van der Waals surface area contributed by atoms with Crippen LogP contribution in [0.1, 0.15) is 5.56 Å². The molecule has 1 amide bonds. The number of hydrogen-bond donors (Lipinski definition) is 2. The monoisotopic (exact) mass is 468 g/mol. The number of benzene rings is 3. The molecule has 0 heterocycles. The minimum absolute atomic E-state index is 0.0501. The van der Waals surface area contributed by atoms with Gasteiger partial charge in [0.25, 0.3) is 15.9 Å². The topological polar surface area (TPSA) is 84.5 Å². The van der Waals surface area contributed by atoms with Gasteiger partial charge in [-0.05, 0) is 60.7 Å². The summed E-state index contributed by atoms with van der Waals surface area (Å²) >= 11 is 0. The zero-order chi connectivity index (χ0) is 23.4. The molecule has 3 aromatic carbocycles. The van der Waals surface area contributed by atoms with Gasteiger partial charge in [-0.15, -0.1) is 0 Å². The highest BCUT2D eigenvalue weighted by Crippen LogP contribution is 2.31. The first-order chi connectivity index (χ1) is 15.0. The Morgan fingerprint density at radius 2 is 1.59 bits per heavy atom. The fourth-order valence-electron chi connectivity index (χ4n) is 2.59. The minimum atomic E-state index is -4.53. The van der Waals surface area contributed by atoms with Crippen LogP contribution in [-0.4, -0.2) is 20.9 Å². The lowest BCUT2D eigenvalue weighted by Crippen LogP contribution is -2.20. The van der Waals surface area contributed by atoms with Crippen molar-refractivity contribution in [1.82, 2.24) is 0 Å². The Morgan fingerprint density at radius 1 is 0.906 bits per heavy atom. The molecule has 0 saturated carbocycles. The summed E-state index contributed by atoms with van der Waals surface area (Å²) in [4.78, 5) is 11.9. The maximum atomic E-state index is 13.2. The van der Waals surface area contributed by atoms with Gasteiger partial charge in [0, 0.05) is 5.69 Å². The van der Waals surface area contributed by atoms with E-state index in [9.17, 15) is 30.8 Å². The summed E-state index contributed by atoms with van der Waals surface area (Å²) in [7, 11) is -3.98. The highest BCUT2D eigenvalue weighted by Gasteiger charge is 2.30. The van der Waals surface area contributed by atoms with E-state index in [4.69, 9.17) is 4.74 Å². The first-order valence-electron chi connectivity index (χ1n) is 9.01. The van der Waals surface area contributed by atoms with E-state index in [1.54, 1.807) is 0 Å². The number of carbonyl (C=O) groups is 1. The molecule has 0 unspecified atom stereocenters. The highest BCUT2D eigenvalue weighted by molar-refractivity contribution is 7.92. The molecule has 0 aromatic heterocycles. The molecule has 2 N–H and O–H groups in total. The standard InChI is InChI=1S/C21H16F4N2O4S/c22-15-4-2-5-17(12-15)27-32(29,30)19-9-7-16(8-10-19)26-20(28)13-31-18-6-1-3-14(11-18)21(23,24)25/h1-12,27H,13H2,(H,26,28). The lowest BCUT2D eigenvalue weighted by Gasteiger charge is -2.11. The fraction of sp³-hybridized carbons (Fsp3) is 0.0952. The van der Waals surface area contributed by atoms with Crippen LogP contribution in [0, 0.1) is 5.82 Å². The Labute approximate surface area is 180 Å². The summed E-state index contributed by atoms with van der Waals surface area (Å²) in [5.74, 6) is -1.38. The summed E-state index contributed by atoms with van der Waals surface area (Å²) in [6.45, 7) is -0.553. The Bertz CT molecular complexity index is 1210. The third-order valence-electron chi connectivity index (χ3n) is 4.06. The Morgan fingerprint density at radius 3 is 2.25 bits per heavy atom. The van der Waals surface area contributed by atoms with Crippen LogP contribution >= 0.6 is 0 Å². The van der Waals surface area contributed by atoms with Crippen molar-refractivity contribution in [2.45, 2.75) is 11.1 Å². The molecule has 0 fully saturated rings. The summed E-state index contributed by atoms with van der Waals surface area (Å²) in [6, 6.07) is 14.1. The third kappa shape index (κ3) is 6.20. The van der Waals surface area contributed by atoms with E-state index in [-0.39, 0.29) is 22.0 Å². The van der Waals surface area contributed by atoms with Crippen LogP contribution in [0.15, 0.2) is 77.7 Å². The number of amides is 1. The summed E-state index contributed by atoms with van der Waals surface area (Å²) in [5.41, 5.74) is -0.611. The molecular formula is C21H16F4N2O4S. The summed E-state index contributed by atoms with van der Waals surface area (Å²) in [5, 5.41) is 2.44. The van der Waals surface area contributed by atoms with E-state index < -0.39 is 40.1 Å². The van der Waals surface area contributed by atoms with Crippen LogP contribution in [0.4, 0.5) is 28.9 Å². The largest absolute Gasteiger partial charge is 0.484 e. The average molecular weight is 468 g/mol. The Hall–Kier alpha value is -3.60. The second-order valence-corrected chi connectivity index (χ2v) is 8.19. The van der Waals surface area contributed by atoms with Gasteiger partial charge in [0.2, 0.25) is 0 Å². The second-order valence-electron chi connectivity index (χ2n) is 6.50. The molecule has 0 aliphatic carbocycles. The van der Waals surface area contributed by atoms with Gasteiger partial charge >= 0.3 is 6.18 Å². The molecular weight excluding hydrogens is 452 g/mol. The molecule has 0 bridgehead atoms. The molecule has 0 aliphatic heterocycles. The minimum Gasteiger partial charge on any atom is -0.484 e. The van der Waals surface area contributed by atoms with Crippen LogP contribution in [0.2, 0.25) is 0 Å². The molecule has 32 heavy (non-hydrogen) atoms. The molecule has 11 heteroatoms. The quantitative estimate of drug-likeness (QED) is 0.494. The van der Waals surface area contributed by atoms with Gasteiger partial charge in [0.05, 0.1) is 16.1 Å². The molecule has 0 aliphatic rings. The fourth-order valence-corrected chi connectivity index (χ4v) is 3.64. The van der Waals surface area contributed by atoms with Gasteiger partial charge in [-0.2, -0.15) is 13.2 Å². The number of rotatable bonds is 7. The van der Waals surface area contributed by atoms with Crippen molar-refractivity contribution in [1.29, 1.82) is 0 Å². The third-order valence-corrected chi connectivity index (χ3v) is 5.45.